The number of carbonyl (C=O) groups excluding carboxylic acids is 1. The molecule has 0 saturated carbocycles. The lowest BCUT2D eigenvalue weighted by atomic mass is 10.1. The standard InChI is InChI=1S/C16H16N2O/c1-12(16(17)19)11-13-7-5-6-10-15(13)18-14-8-3-2-4-9-14/h2-11,18H,1H3,(H2,17,19)/b12-11+. The summed E-state index contributed by atoms with van der Waals surface area (Å²) in [6, 6.07) is 17.7. The van der Waals surface area contributed by atoms with E-state index in [0.717, 1.165) is 16.9 Å². The van der Waals surface area contributed by atoms with Crippen LogP contribution in [-0.4, -0.2) is 5.91 Å². The van der Waals surface area contributed by atoms with Crippen molar-refractivity contribution in [1.82, 2.24) is 0 Å². The number of hydrogen-bond acceptors (Lipinski definition) is 2. The van der Waals surface area contributed by atoms with Crippen LogP contribution in [0.4, 0.5) is 11.4 Å². The van der Waals surface area contributed by atoms with Crippen LogP contribution in [0.5, 0.6) is 0 Å². The Labute approximate surface area is 112 Å². The van der Waals surface area contributed by atoms with E-state index >= 15 is 0 Å². The van der Waals surface area contributed by atoms with Gasteiger partial charge in [0.1, 0.15) is 0 Å². The van der Waals surface area contributed by atoms with Crippen LogP contribution in [0, 0.1) is 0 Å². The number of carbonyl (C=O) groups is 1. The molecule has 0 heterocycles. The van der Waals surface area contributed by atoms with Gasteiger partial charge in [0.2, 0.25) is 5.91 Å². The number of anilines is 2. The normalized spacial score (nSPS) is 11.1. The third-order valence-electron chi connectivity index (χ3n) is 2.77. The first-order valence-electron chi connectivity index (χ1n) is 6.06. The van der Waals surface area contributed by atoms with E-state index in [2.05, 4.69) is 5.32 Å². The van der Waals surface area contributed by atoms with Gasteiger partial charge in [0, 0.05) is 16.9 Å². The van der Waals surface area contributed by atoms with Gasteiger partial charge in [-0.1, -0.05) is 36.4 Å². The molecule has 3 N–H and O–H groups in total. The minimum Gasteiger partial charge on any atom is -0.366 e. The zero-order valence-electron chi connectivity index (χ0n) is 10.8. The first-order valence-corrected chi connectivity index (χ1v) is 6.06. The molecule has 96 valence electrons. The van der Waals surface area contributed by atoms with Crippen molar-refractivity contribution in [3.05, 3.63) is 65.7 Å². The van der Waals surface area contributed by atoms with Gasteiger partial charge in [0.05, 0.1) is 0 Å². The Kier molecular flexibility index (Phi) is 3.98. The molecule has 0 fully saturated rings. The molecule has 0 atom stereocenters. The smallest absolute Gasteiger partial charge is 0.244 e. The van der Waals surface area contributed by atoms with Gasteiger partial charge in [-0.15, -0.1) is 0 Å². The van der Waals surface area contributed by atoms with Crippen molar-refractivity contribution in [3.8, 4) is 0 Å². The van der Waals surface area contributed by atoms with Crippen LogP contribution in [0.15, 0.2) is 60.2 Å². The number of rotatable bonds is 4. The molecule has 2 aromatic carbocycles. The molecule has 3 nitrogen and oxygen atoms in total. The lowest BCUT2D eigenvalue weighted by molar-refractivity contribution is -0.114. The second kappa shape index (κ2) is 5.87. The first-order chi connectivity index (χ1) is 9.16. The average Bonchev–Trinajstić information content (AvgIpc) is 2.42. The fraction of sp³-hybridized carbons (Fsp3) is 0.0625. The number of hydrogen-bond donors (Lipinski definition) is 2. The van der Waals surface area contributed by atoms with Gasteiger partial charge >= 0.3 is 0 Å². The van der Waals surface area contributed by atoms with E-state index in [1.807, 2.05) is 54.6 Å². The fourth-order valence-corrected chi connectivity index (χ4v) is 1.72. The van der Waals surface area contributed by atoms with Crippen molar-refractivity contribution in [2.75, 3.05) is 5.32 Å². The summed E-state index contributed by atoms with van der Waals surface area (Å²) in [5.41, 5.74) is 8.66. The van der Waals surface area contributed by atoms with Gasteiger partial charge in [-0.05, 0) is 36.8 Å². The Morgan fingerprint density at radius 2 is 1.68 bits per heavy atom. The molecular formula is C16H16N2O. The van der Waals surface area contributed by atoms with Gasteiger partial charge in [-0.3, -0.25) is 4.79 Å². The molecule has 2 rings (SSSR count). The summed E-state index contributed by atoms with van der Waals surface area (Å²) in [5.74, 6) is -0.408. The summed E-state index contributed by atoms with van der Waals surface area (Å²) in [7, 11) is 0. The van der Waals surface area contributed by atoms with Gasteiger partial charge in [-0.2, -0.15) is 0 Å². The van der Waals surface area contributed by atoms with E-state index in [1.54, 1.807) is 13.0 Å². The minimum absolute atomic E-state index is 0.408. The van der Waals surface area contributed by atoms with E-state index in [4.69, 9.17) is 5.73 Å². The van der Waals surface area contributed by atoms with Crippen molar-refractivity contribution in [2.24, 2.45) is 5.73 Å². The Bertz CT molecular complexity index is 603. The van der Waals surface area contributed by atoms with E-state index in [0.29, 0.717) is 5.57 Å². The lowest BCUT2D eigenvalue weighted by Crippen LogP contribution is -2.11. The highest BCUT2D eigenvalue weighted by Crippen LogP contribution is 2.22. The molecule has 0 spiro atoms. The number of nitrogens with one attached hydrogen (secondary N) is 1. The van der Waals surface area contributed by atoms with Crippen molar-refractivity contribution < 1.29 is 4.79 Å². The molecule has 1 amide bonds. The molecule has 3 heteroatoms. The third-order valence-corrected chi connectivity index (χ3v) is 2.77. The zero-order valence-corrected chi connectivity index (χ0v) is 10.8. The fourth-order valence-electron chi connectivity index (χ4n) is 1.72. The molecular weight excluding hydrogens is 236 g/mol. The van der Waals surface area contributed by atoms with E-state index in [9.17, 15) is 4.79 Å². The van der Waals surface area contributed by atoms with Crippen LogP contribution in [0.1, 0.15) is 12.5 Å². The second-order valence-corrected chi connectivity index (χ2v) is 4.27. The zero-order chi connectivity index (χ0) is 13.7. The molecule has 0 aliphatic carbocycles. The number of para-hydroxylation sites is 2. The summed E-state index contributed by atoms with van der Waals surface area (Å²) in [4.78, 5) is 11.1. The monoisotopic (exact) mass is 252 g/mol. The van der Waals surface area contributed by atoms with Gasteiger partial charge in [-0.25, -0.2) is 0 Å². The number of benzene rings is 2. The molecule has 0 aliphatic rings. The van der Waals surface area contributed by atoms with Crippen LogP contribution in [0.25, 0.3) is 6.08 Å². The molecule has 2 aromatic rings. The molecule has 0 aromatic heterocycles. The number of primary amides is 1. The Balaban J connectivity index is 2.32. The Hall–Kier alpha value is -2.55. The maximum absolute atomic E-state index is 11.1. The minimum atomic E-state index is -0.408. The Morgan fingerprint density at radius 1 is 1.05 bits per heavy atom. The van der Waals surface area contributed by atoms with E-state index < -0.39 is 5.91 Å². The third kappa shape index (κ3) is 3.45. The quantitative estimate of drug-likeness (QED) is 0.820. The molecule has 0 saturated heterocycles. The first kappa shape index (κ1) is 12.9. The second-order valence-electron chi connectivity index (χ2n) is 4.27. The number of nitrogens with two attached hydrogens (primary N) is 1. The van der Waals surface area contributed by atoms with Crippen molar-refractivity contribution in [3.63, 3.8) is 0 Å². The molecule has 0 radical (unpaired) electrons. The lowest BCUT2D eigenvalue weighted by Gasteiger charge is -2.10. The average molecular weight is 252 g/mol. The van der Waals surface area contributed by atoms with Gasteiger partial charge < -0.3 is 11.1 Å². The maximum Gasteiger partial charge on any atom is 0.244 e. The highest BCUT2D eigenvalue weighted by atomic mass is 16.1. The van der Waals surface area contributed by atoms with Crippen LogP contribution in [0.3, 0.4) is 0 Å². The predicted molar refractivity (Wildman–Crippen MR) is 79.0 cm³/mol. The number of amides is 1. The molecule has 0 bridgehead atoms. The largest absolute Gasteiger partial charge is 0.366 e. The Morgan fingerprint density at radius 3 is 2.37 bits per heavy atom. The summed E-state index contributed by atoms with van der Waals surface area (Å²) in [5, 5.41) is 3.32. The summed E-state index contributed by atoms with van der Waals surface area (Å²) >= 11 is 0. The SMILES string of the molecule is C/C(=C\c1ccccc1Nc1ccccc1)C(N)=O. The molecule has 0 unspecified atom stereocenters. The van der Waals surface area contributed by atoms with Gasteiger partial charge in [0.25, 0.3) is 0 Å². The van der Waals surface area contributed by atoms with Crippen LogP contribution < -0.4 is 11.1 Å². The van der Waals surface area contributed by atoms with E-state index in [1.165, 1.54) is 0 Å². The van der Waals surface area contributed by atoms with Crippen LogP contribution in [-0.2, 0) is 4.79 Å². The van der Waals surface area contributed by atoms with Crippen molar-refractivity contribution in [1.29, 1.82) is 0 Å². The van der Waals surface area contributed by atoms with Crippen molar-refractivity contribution in [2.45, 2.75) is 6.92 Å². The van der Waals surface area contributed by atoms with E-state index in [-0.39, 0.29) is 0 Å². The van der Waals surface area contributed by atoms with Crippen LogP contribution >= 0.6 is 0 Å². The summed E-state index contributed by atoms with van der Waals surface area (Å²) in [6.07, 6.45) is 1.79. The predicted octanol–water partition coefficient (Wildman–Crippen LogP) is 3.32. The molecule has 0 aliphatic heterocycles. The molecule has 19 heavy (non-hydrogen) atoms. The maximum atomic E-state index is 11.1. The summed E-state index contributed by atoms with van der Waals surface area (Å²) < 4.78 is 0. The van der Waals surface area contributed by atoms with Crippen molar-refractivity contribution >= 4 is 23.4 Å². The van der Waals surface area contributed by atoms with Gasteiger partial charge in [0.15, 0.2) is 0 Å². The summed E-state index contributed by atoms with van der Waals surface area (Å²) in [6.45, 7) is 1.71. The topological polar surface area (TPSA) is 55.1 Å². The highest BCUT2D eigenvalue weighted by molar-refractivity contribution is 5.97. The van der Waals surface area contributed by atoms with Crippen LogP contribution in [0.2, 0.25) is 0 Å². The highest BCUT2D eigenvalue weighted by Gasteiger charge is 2.02.